The normalized spacial score (nSPS) is 16.5. The van der Waals surface area contributed by atoms with Crippen LogP contribution in [0, 0.1) is 12.3 Å². The van der Waals surface area contributed by atoms with Crippen LogP contribution in [0.5, 0.6) is 0 Å². The van der Waals surface area contributed by atoms with Crippen molar-refractivity contribution in [2.24, 2.45) is 0 Å². The van der Waals surface area contributed by atoms with Crippen LogP contribution in [0.1, 0.15) is 6.42 Å². The summed E-state index contributed by atoms with van der Waals surface area (Å²) in [6, 6.07) is 0.0626. The van der Waals surface area contributed by atoms with Gasteiger partial charge in [0.05, 0.1) is 5.75 Å². The van der Waals surface area contributed by atoms with Crippen molar-refractivity contribution in [1.29, 1.82) is 0 Å². The summed E-state index contributed by atoms with van der Waals surface area (Å²) >= 11 is 1.69. The van der Waals surface area contributed by atoms with E-state index in [9.17, 15) is 4.79 Å². The summed E-state index contributed by atoms with van der Waals surface area (Å²) in [5.74, 6) is 4.22. The van der Waals surface area contributed by atoms with Crippen molar-refractivity contribution < 1.29 is 4.79 Å². The first-order valence-corrected chi connectivity index (χ1v) is 5.54. The number of carbonyl (C=O) groups is 1. The van der Waals surface area contributed by atoms with Crippen molar-refractivity contribution in [1.82, 2.24) is 10.2 Å². The van der Waals surface area contributed by atoms with Crippen molar-refractivity contribution in [3.8, 4) is 12.3 Å². The Kier molecular flexibility index (Phi) is 4.55. The van der Waals surface area contributed by atoms with E-state index in [0.29, 0.717) is 0 Å². The minimum atomic E-state index is 0.0626. The van der Waals surface area contributed by atoms with Gasteiger partial charge in [-0.1, -0.05) is 5.92 Å². The second kappa shape index (κ2) is 5.76. The van der Waals surface area contributed by atoms with Gasteiger partial charge >= 0.3 is 6.03 Å². The molecule has 0 aromatic rings. The van der Waals surface area contributed by atoms with E-state index in [1.807, 2.05) is 4.90 Å². The number of amides is 2. The van der Waals surface area contributed by atoms with E-state index in [4.69, 9.17) is 6.42 Å². The average Bonchev–Trinajstić information content (AvgIpc) is 2.15. The number of terminal acetylenes is 1. The van der Waals surface area contributed by atoms with Crippen LogP contribution in [-0.2, 0) is 0 Å². The van der Waals surface area contributed by atoms with Crippen molar-refractivity contribution in [3.63, 3.8) is 0 Å². The Morgan fingerprint density at radius 3 is 3.23 bits per heavy atom. The van der Waals surface area contributed by atoms with Gasteiger partial charge in [0.1, 0.15) is 0 Å². The quantitative estimate of drug-likeness (QED) is 0.534. The maximum absolute atomic E-state index is 11.2. The van der Waals surface area contributed by atoms with Crippen LogP contribution >= 0.6 is 11.8 Å². The zero-order valence-electron chi connectivity index (χ0n) is 7.58. The lowest BCUT2D eigenvalue weighted by Crippen LogP contribution is -2.47. The molecule has 2 amide bonds. The summed E-state index contributed by atoms with van der Waals surface area (Å²) < 4.78 is 0. The molecule has 13 heavy (non-hydrogen) atoms. The molecular weight excluding hydrogens is 184 g/mol. The van der Waals surface area contributed by atoms with Crippen LogP contribution in [0.3, 0.4) is 0 Å². The third-order valence-electron chi connectivity index (χ3n) is 1.86. The topological polar surface area (TPSA) is 32.3 Å². The standard InChI is InChI=1S/C9H14N2OS/c1-2-7-13-8-6-11-5-3-4-10-9(11)12/h1H,3-8H2,(H,10,12). The summed E-state index contributed by atoms with van der Waals surface area (Å²) in [7, 11) is 0. The first kappa shape index (κ1) is 10.3. The molecule has 0 bridgehead atoms. The number of carbonyl (C=O) groups excluding carboxylic acids is 1. The molecule has 1 fully saturated rings. The molecule has 0 saturated carbocycles. The molecule has 1 saturated heterocycles. The summed E-state index contributed by atoms with van der Waals surface area (Å²) in [5, 5.41) is 2.81. The Labute approximate surface area is 83.2 Å². The fourth-order valence-corrected chi connectivity index (χ4v) is 1.81. The smallest absolute Gasteiger partial charge is 0.317 e. The van der Waals surface area contributed by atoms with E-state index >= 15 is 0 Å². The molecule has 0 spiro atoms. The highest BCUT2D eigenvalue weighted by Gasteiger charge is 2.15. The van der Waals surface area contributed by atoms with Gasteiger partial charge in [-0.2, -0.15) is 0 Å². The zero-order chi connectivity index (χ0) is 9.52. The minimum Gasteiger partial charge on any atom is -0.338 e. The molecule has 0 unspecified atom stereocenters. The maximum Gasteiger partial charge on any atom is 0.317 e. The third-order valence-corrected chi connectivity index (χ3v) is 2.70. The predicted molar refractivity (Wildman–Crippen MR) is 55.7 cm³/mol. The predicted octanol–water partition coefficient (Wildman–Crippen LogP) is 0.768. The van der Waals surface area contributed by atoms with E-state index in [-0.39, 0.29) is 6.03 Å². The molecule has 0 radical (unpaired) electrons. The largest absolute Gasteiger partial charge is 0.338 e. The number of nitrogens with zero attached hydrogens (tertiary/aromatic N) is 1. The van der Waals surface area contributed by atoms with Crippen molar-refractivity contribution in [2.45, 2.75) is 6.42 Å². The fraction of sp³-hybridized carbons (Fsp3) is 0.667. The first-order valence-electron chi connectivity index (χ1n) is 4.38. The molecule has 72 valence electrons. The molecule has 1 N–H and O–H groups in total. The Bertz CT molecular complexity index is 212. The van der Waals surface area contributed by atoms with Crippen molar-refractivity contribution in [3.05, 3.63) is 0 Å². The molecule has 0 aliphatic carbocycles. The van der Waals surface area contributed by atoms with Crippen molar-refractivity contribution in [2.75, 3.05) is 31.1 Å². The Morgan fingerprint density at radius 2 is 2.54 bits per heavy atom. The van der Waals surface area contributed by atoms with Gasteiger partial charge in [0.2, 0.25) is 0 Å². The highest BCUT2D eigenvalue weighted by atomic mass is 32.2. The summed E-state index contributed by atoms with van der Waals surface area (Å²) in [5.41, 5.74) is 0. The fourth-order valence-electron chi connectivity index (χ4n) is 1.20. The average molecular weight is 198 g/mol. The second-order valence-corrected chi connectivity index (χ2v) is 3.93. The van der Waals surface area contributed by atoms with E-state index < -0.39 is 0 Å². The number of nitrogens with one attached hydrogen (secondary N) is 1. The molecule has 3 nitrogen and oxygen atoms in total. The van der Waals surface area contributed by atoms with E-state index in [1.165, 1.54) is 0 Å². The Morgan fingerprint density at radius 1 is 1.69 bits per heavy atom. The monoisotopic (exact) mass is 198 g/mol. The highest BCUT2D eigenvalue weighted by molar-refractivity contribution is 7.99. The molecule has 0 aromatic carbocycles. The molecule has 1 heterocycles. The third kappa shape index (κ3) is 3.60. The van der Waals surface area contributed by atoms with Gasteiger partial charge in [0.25, 0.3) is 0 Å². The van der Waals surface area contributed by atoms with E-state index in [1.54, 1.807) is 11.8 Å². The summed E-state index contributed by atoms with van der Waals surface area (Å²) in [6.07, 6.45) is 6.16. The molecule has 1 rings (SSSR count). The number of thioether (sulfide) groups is 1. The Balaban J connectivity index is 2.12. The molecule has 1 aliphatic heterocycles. The summed E-state index contributed by atoms with van der Waals surface area (Å²) in [6.45, 7) is 2.49. The van der Waals surface area contributed by atoms with E-state index in [2.05, 4.69) is 11.2 Å². The van der Waals surface area contributed by atoms with Gasteiger partial charge in [-0.15, -0.1) is 18.2 Å². The van der Waals surface area contributed by atoms with Gasteiger partial charge in [0.15, 0.2) is 0 Å². The van der Waals surface area contributed by atoms with Gasteiger partial charge in [-0.05, 0) is 6.42 Å². The molecule has 0 aromatic heterocycles. The number of urea groups is 1. The van der Waals surface area contributed by atoms with Crippen molar-refractivity contribution >= 4 is 17.8 Å². The molecule has 1 aliphatic rings. The van der Waals surface area contributed by atoms with Crippen LogP contribution in [0.2, 0.25) is 0 Å². The van der Waals surface area contributed by atoms with E-state index in [0.717, 1.165) is 37.6 Å². The maximum atomic E-state index is 11.2. The zero-order valence-corrected chi connectivity index (χ0v) is 8.40. The van der Waals surface area contributed by atoms with Crippen LogP contribution in [-0.4, -0.2) is 42.1 Å². The van der Waals surface area contributed by atoms with Gasteiger partial charge in [-0.3, -0.25) is 0 Å². The molecule has 0 atom stereocenters. The summed E-state index contributed by atoms with van der Waals surface area (Å²) in [4.78, 5) is 13.1. The highest BCUT2D eigenvalue weighted by Crippen LogP contribution is 2.03. The number of hydrogen-bond acceptors (Lipinski definition) is 2. The lowest BCUT2D eigenvalue weighted by molar-refractivity contribution is 0.190. The van der Waals surface area contributed by atoms with Gasteiger partial charge in [-0.25, -0.2) is 4.79 Å². The van der Waals surface area contributed by atoms with Crippen LogP contribution < -0.4 is 5.32 Å². The molecular formula is C9H14N2OS. The minimum absolute atomic E-state index is 0.0626. The van der Waals surface area contributed by atoms with Gasteiger partial charge < -0.3 is 10.2 Å². The lowest BCUT2D eigenvalue weighted by atomic mass is 10.3. The first-order chi connectivity index (χ1) is 6.34. The second-order valence-electron chi connectivity index (χ2n) is 2.83. The van der Waals surface area contributed by atoms with Crippen LogP contribution in [0.4, 0.5) is 4.79 Å². The lowest BCUT2D eigenvalue weighted by Gasteiger charge is -2.27. The Hall–Kier alpha value is -0.820. The molecule has 4 heteroatoms. The van der Waals surface area contributed by atoms with Crippen LogP contribution in [0.15, 0.2) is 0 Å². The van der Waals surface area contributed by atoms with Gasteiger partial charge in [0, 0.05) is 25.4 Å². The number of hydrogen-bond donors (Lipinski definition) is 1. The number of rotatable bonds is 4. The van der Waals surface area contributed by atoms with Crippen LogP contribution in [0.25, 0.3) is 0 Å². The SMILES string of the molecule is C#CCSCCN1CCCNC1=O.